The van der Waals surface area contributed by atoms with Gasteiger partial charge in [-0.2, -0.15) is 0 Å². The summed E-state index contributed by atoms with van der Waals surface area (Å²) >= 11 is 3.33. The Morgan fingerprint density at radius 3 is 2.43 bits per heavy atom. The zero-order valence-electron chi connectivity index (χ0n) is 10.8. The van der Waals surface area contributed by atoms with Crippen LogP contribution in [-0.2, 0) is 0 Å². The highest BCUT2D eigenvalue weighted by Gasteiger charge is 2.15. The molecule has 0 saturated carbocycles. The van der Waals surface area contributed by atoms with Crippen molar-refractivity contribution in [3.63, 3.8) is 0 Å². The van der Waals surface area contributed by atoms with Gasteiger partial charge in [0, 0.05) is 15.6 Å². The molecular formula is C15H10BrN3O2. The Labute approximate surface area is 129 Å². The van der Waals surface area contributed by atoms with Crippen molar-refractivity contribution in [1.82, 2.24) is 10.3 Å². The number of benzene rings is 2. The summed E-state index contributed by atoms with van der Waals surface area (Å²) in [6.45, 7) is 0. The predicted octanol–water partition coefficient (Wildman–Crippen LogP) is 3.75. The third-order valence-corrected chi connectivity index (χ3v) is 3.40. The zero-order valence-corrected chi connectivity index (χ0v) is 12.4. The van der Waals surface area contributed by atoms with Crippen LogP contribution in [0, 0.1) is 0 Å². The number of aromatic nitrogens is 2. The number of hydrogen-bond donors (Lipinski definition) is 1. The fourth-order valence-corrected chi connectivity index (χ4v) is 2.10. The normalized spacial score (nSPS) is 10.3. The fraction of sp³-hybridized carbons (Fsp3) is 0. The van der Waals surface area contributed by atoms with Gasteiger partial charge in [-0.15, -0.1) is 0 Å². The summed E-state index contributed by atoms with van der Waals surface area (Å²) in [5.74, 6) is 0.0319. The van der Waals surface area contributed by atoms with E-state index in [1.807, 2.05) is 30.3 Å². The lowest BCUT2D eigenvalue weighted by Gasteiger charge is -2.03. The Hall–Kier alpha value is -2.47. The summed E-state index contributed by atoms with van der Waals surface area (Å²) in [6, 6.07) is 16.4. The Morgan fingerprint density at radius 2 is 1.71 bits per heavy atom. The van der Waals surface area contributed by atoms with Crippen LogP contribution in [0.15, 0.2) is 63.7 Å². The number of amides is 1. The van der Waals surface area contributed by atoms with Crippen molar-refractivity contribution in [2.45, 2.75) is 0 Å². The summed E-state index contributed by atoms with van der Waals surface area (Å²) in [5, 5.41) is 10.3. The van der Waals surface area contributed by atoms with E-state index < -0.39 is 0 Å². The van der Waals surface area contributed by atoms with Crippen LogP contribution in [0.4, 0.5) is 5.82 Å². The van der Waals surface area contributed by atoms with Crippen LogP contribution in [0.1, 0.15) is 10.4 Å². The van der Waals surface area contributed by atoms with Gasteiger partial charge in [0.05, 0.1) is 0 Å². The molecule has 0 spiro atoms. The van der Waals surface area contributed by atoms with Gasteiger partial charge in [0.25, 0.3) is 5.91 Å². The SMILES string of the molecule is O=C(Nc1nonc1-c1ccccc1)c1ccc(Br)cc1. The Morgan fingerprint density at radius 1 is 1.00 bits per heavy atom. The maximum Gasteiger partial charge on any atom is 0.256 e. The number of carbonyl (C=O) groups excluding carboxylic acids is 1. The summed E-state index contributed by atoms with van der Waals surface area (Å²) < 4.78 is 5.64. The summed E-state index contributed by atoms with van der Waals surface area (Å²) in [5.41, 5.74) is 1.85. The van der Waals surface area contributed by atoms with E-state index in [2.05, 4.69) is 31.6 Å². The van der Waals surface area contributed by atoms with E-state index in [9.17, 15) is 4.79 Å². The van der Waals surface area contributed by atoms with Crippen molar-refractivity contribution in [3.05, 3.63) is 64.6 Å². The van der Waals surface area contributed by atoms with Gasteiger partial charge in [-0.05, 0) is 34.6 Å². The second kappa shape index (κ2) is 5.88. The number of halogens is 1. The second-order valence-corrected chi connectivity index (χ2v) is 5.20. The van der Waals surface area contributed by atoms with Gasteiger partial charge in [0.2, 0.25) is 5.82 Å². The monoisotopic (exact) mass is 343 g/mol. The van der Waals surface area contributed by atoms with Crippen molar-refractivity contribution in [2.24, 2.45) is 0 Å². The zero-order chi connectivity index (χ0) is 14.7. The van der Waals surface area contributed by atoms with Crippen LogP contribution < -0.4 is 5.32 Å². The summed E-state index contributed by atoms with van der Waals surface area (Å²) in [7, 11) is 0. The quantitative estimate of drug-likeness (QED) is 0.786. The van der Waals surface area contributed by atoms with E-state index in [1.54, 1.807) is 24.3 Å². The van der Waals surface area contributed by atoms with Crippen LogP contribution >= 0.6 is 15.9 Å². The molecule has 5 nitrogen and oxygen atoms in total. The molecule has 0 aliphatic carbocycles. The van der Waals surface area contributed by atoms with E-state index in [4.69, 9.17) is 4.63 Å². The summed E-state index contributed by atoms with van der Waals surface area (Å²) in [6.07, 6.45) is 0. The fourth-order valence-electron chi connectivity index (χ4n) is 1.84. The predicted molar refractivity (Wildman–Crippen MR) is 81.8 cm³/mol. The highest BCUT2D eigenvalue weighted by molar-refractivity contribution is 9.10. The first-order valence-electron chi connectivity index (χ1n) is 6.19. The van der Waals surface area contributed by atoms with E-state index in [0.29, 0.717) is 17.1 Å². The van der Waals surface area contributed by atoms with E-state index in [-0.39, 0.29) is 5.91 Å². The second-order valence-electron chi connectivity index (χ2n) is 4.29. The van der Waals surface area contributed by atoms with Crippen LogP contribution in [0.5, 0.6) is 0 Å². The van der Waals surface area contributed by atoms with Gasteiger partial charge in [0.15, 0.2) is 5.69 Å². The molecule has 0 bridgehead atoms. The molecule has 2 aromatic carbocycles. The number of rotatable bonds is 3. The molecule has 1 heterocycles. The smallest absolute Gasteiger partial charge is 0.256 e. The van der Waals surface area contributed by atoms with Crippen molar-refractivity contribution < 1.29 is 9.42 Å². The molecule has 0 saturated heterocycles. The molecule has 104 valence electrons. The molecule has 3 aromatic rings. The van der Waals surface area contributed by atoms with E-state index in [1.165, 1.54) is 0 Å². The lowest BCUT2D eigenvalue weighted by Crippen LogP contribution is -2.12. The molecular weight excluding hydrogens is 334 g/mol. The van der Waals surface area contributed by atoms with Gasteiger partial charge in [0.1, 0.15) is 0 Å². The molecule has 0 fully saturated rings. The number of nitrogens with one attached hydrogen (secondary N) is 1. The van der Waals surface area contributed by atoms with E-state index >= 15 is 0 Å². The minimum atomic E-state index is -0.268. The van der Waals surface area contributed by atoms with Gasteiger partial charge in [-0.1, -0.05) is 46.3 Å². The minimum absolute atomic E-state index is 0.268. The molecule has 6 heteroatoms. The highest BCUT2D eigenvalue weighted by atomic mass is 79.9. The molecule has 1 aromatic heterocycles. The largest absolute Gasteiger partial charge is 0.302 e. The van der Waals surface area contributed by atoms with Gasteiger partial charge in [-0.3, -0.25) is 4.79 Å². The first kappa shape index (κ1) is 13.5. The lowest BCUT2D eigenvalue weighted by molar-refractivity contribution is 0.102. The van der Waals surface area contributed by atoms with Crippen LogP contribution in [0.2, 0.25) is 0 Å². The van der Waals surface area contributed by atoms with Crippen molar-refractivity contribution in [2.75, 3.05) is 5.32 Å². The molecule has 3 rings (SSSR count). The molecule has 0 aliphatic rings. The molecule has 21 heavy (non-hydrogen) atoms. The first-order valence-corrected chi connectivity index (χ1v) is 6.98. The number of hydrogen-bond acceptors (Lipinski definition) is 4. The number of carbonyl (C=O) groups is 1. The Bertz CT molecular complexity index is 754. The molecule has 0 aliphatic heterocycles. The molecule has 0 unspecified atom stereocenters. The molecule has 1 N–H and O–H groups in total. The van der Waals surface area contributed by atoms with Crippen molar-refractivity contribution in [1.29, 1.82) is 0 Å². The first-order chi connectivity index (χ1) is 10.2. The lowest BCUT2D eigenvalue weighted by atomic mass is 10.1. The maximum atomic E-state index is 12.2. The Balaban J connectivity index is 1.85. The van der Waals surface area contributed by atoms with Crippen molar-refractivity contribution >= 4 is 27.7 Å². The third kappa shape index (κ3) is 3.00. The average Bonchev–Trinajstić information content (AvgIpc) is 2.97. The van der Waals surface area contributed by atoms with E-state index in [0.717, 1.165) is 10.0 Å². The molecule has 0 atom stereocenters. The average molecular weight is 344 g/mol. The summed E-state index contributed by atoms with van der Waals surface area (Å²) in [4.78, 5) is 12.2. The maximum absolute atomic E-state index is 12.2. The van der Waals surface area contributed by atoms with Crippen molar-refractivity contribution in [3.8, 4) is 11.3 Å². The van der Waals surface area contributed by atoms with Crippen LogP contribution in [-0.4, -0.2) is 16.2 Å². The third-order valence-electron chi connectivity index (χ3n) is 2.87. The van der Waals surface area contributed by atoms with Gasteiger partial charge < -0.3 is 5.32 Å². The topological polar surface area (TPSA) is 68.0 Å². The standard InChI is InChI=1S/C15H10BrN3O2/c16-12-8-6-11(7-9-12)15(20)17-14-13(18-21-19-14)10-4-2-1-3-5-10/h1-9H,(H,17,19,20). The minimum Gasteiger partial charge on any atom is -0.302 e. The van der Waals surface area contributed by atoms with Crippen LogP contribution in [0.3, 0.4) is 0 Å². The molecule has 0 radical (unpaired) electrons. The number of nitrogens with zero attached hydrogens (tertiary/aromatic N) is 2. The number of anilines is 1. The highest BCUT2D eigenvalue weighted by Crippen LogP contribution is 2.24. The van der Waals surface area contributed by atoms with Gasteiger partial charge in [-0.25, -0.2) is 4.63 Å². The Kier molecular flexibility index (Phi) is 3.79. The van der Waals surface area contributed by atoms with Crippen LogP contribution in [0.25, 0.3) is 11.3 Å². The molecule has 1 amide bonds. The van der Waals surface area contributed by atoms with Gasteiger partial charge >= 0.3 is 0 Å².